The number of hydrogen-bond donors (Lipinski definition) is 2. The first kappa shape index (κ1) is 16.0. The minimum Gasteiger partial charge on any atom is -0.494 e. The molecule has 0 saturated heterocycles. The number of aromatic amines is 1. The summed E-state index contributed by atoms with van der Waals surface area (Å²) in [5.41, 5.74) is 2.12. The van der Waals surface area contributed by atoms with Crippen LogP contribution in [0, 0.1) is 0 Å². The summed E-state index contributed by atoms with van der Waals surface area (Å²) in [6, 6.07) is 10.9. The lowest BCUT2D eigenvalue weighted by Gasteiger charge is -2.09. The van der Waals surface area contributed by atoms with Crippen molar-refractivity contribution in [2.45, 2.75) is 13.3 Å². The maximum absolute atomic E-state index is 12.1. The molecule has 3 rings (SSSR count). The number of benzene rings is 2. The minimum absolute atomic E-state index is 0.279. The van der Waals surface area contributed by atoms with Crippen molar-refractivity contribution in [3.8, 4) is 11.5 Å². The molecule has 0 unspecified atom stereocenters. The van der Waals surface area contributed by atoms with Gasteiger partial charge < -0.3 is 19.8 Å². The quantitative estimate of drug-likeness (QED) is 0.714. The Bertz CT molecular complexity index is 829. The first-order chi connectivity index (χ1) is 11.4. The van der Waals surface area contributed by atoms with Gasteiger partial charge in [-0.3, -0.25) is 0 Å². The van der Waals surface area contributed by atoms with Crippen LogP contribution in [-0.4, -0.2) is 22.9 Å². The summed E-state index contributed by atoms with van der Waals surface area (Å²) in [6.45, 7) is 2.47. The number of anilines is 2. The third-order valence-corrected chi connectivity index (χ3v) is 3.11. The highest BCUT2D eigenvalue weighted by molar-refractivity contribution is 5.79. The van der Waals surface area contributed by atoms with Crippen molar-refractivity contribution in [2.75, 3.05) is 11.9 Å². The molecule has 1 aromatic heterocycles. The molecule has 126 valence electrons. The smallest absolute Gasteiger partial charge is 0.494 e. The molecule has 24 heavy (non-hydrogen) atoms. The van der Waals surface area contributed by atoms with Crippen LogP contribution in [0.2, 0.25) is 0 Å². The molecule has 0 atom stereocenters. The number of hydrogen-bond acceptors (Lipinski definition) is 4. The minimum atomic E-state index is -4.70. The molecule has 8 heteroatoms. The van der Waals surface area contributed by atoms with Crippen molar-refractivity contribution < 1.29 is 22.6 Å². The zero-order valence-electron chi connectivity index (χ0n) is 12.6. The molecular formula is C16H14F3N3O2. The largest absolute Gasteiger partial charge is 0.573 e. The summed E-state index contributed by atoms with van der Waals surface area (Å²) in [5, 5.41) is 2.99. The SMILES string of the molecule is CCOc1ccc2nc(Nc3ccc(OC(F)(F)F)cc3)[nH]c2c1. The van der Waals surface area contributed by atoms with Crippen LogP contribution in [-0.2, 0) is 0 Å². The second-order valence-corrected chi connectivity index (χ2v) is 4.89. The van der Waals surface area contributed by atoms with E-state index in [0.717, 1.165) is 16.8 Å². The van der Waals surface area contributed by atoms with E-state index in [2.05, 4.69) is 20.0 Å². The second-order valence-electron chi connectivity index (χ2n) is 4.89. The molecule has 0 saturated carbocycles. The van der Waals surface area contributed by atoms with Gasteiger partial charge >= 0.3 is 6.36 Å². The lowest BCUT2D eigenvalue weighted by atomic mass is 10.3. The Kier molecular flexibility index (Phi) is 4.20. The molecule has 0 amide bonds. The van der Waals surface area contributed by atoms with E-state index in [0.29, 0.717) is 18.2 Å². The monoisotopic (exact) mass is 337 g/mol. The van der Waals surface area contributed by atoms with Crippen LogP contribution < -0.4 is 14.8 Å². The fraction of sp³-hybridized carbons (Fsp3) is 0.188. The highest BCUT2D eigenvalue weighted by Crippen LogP contribution is 2.26. The van der Waals surface area contributed by atoms with Crippen molar-refractivity contribution in [2.24, 2.45) is 0 Å². The fourth-order valence-corrected chi connectivity index (χ4v) is 2.18. The van der Waals surface area contributed by atoms with Gasteiger partial charge in [-0.2, -0.15) is 0 Å². The van der Waals surface area contributed by atoms with Crippen molar-refractivity contribution in [3.63, 3.8) is 0 Å². The number of rotatable bonds is 5. The number of H-pyrrole nitrogens is 1. The Morgan fingerprint density at radius 1 is 1.08 bits per heavy atom. The number of nitrogens with one attached hydrogen (secondary N) is 2. The summed E-state index contributed by atoms with van der Waals surface area (Å²) in [5.74, 6) is 0.927. The van der Waals surface area contributed by atoms with Crippen LogP contribution >= 0.6 is 0 Å². The number of aromatic nitrogens is 2. The Balaban J connectivity index is 1.74. The molecule has 0 bridgehead atoms. The molecule has 5 nitrogen and oxygen atoms in total. The van der Waals surface area contributed by atoms with Gasteiger partial charge in [0.15, 0.2) is 0 Å². The van der Waals surface area contributed by atoms with E-state index in [1.54, 1.807) is 0 Å². The van der Waals surface area contributed by atoms with Gasteiger partial charge in [0, 0.05) is 11.8 Å². The van der Waals surface area contributed by atoms with E-state index < -0.39 is 6.36 Å². The number of imidazole rings is 1. The van der Waals surface area contributed by atoms with E-state index >= 15 is 0 Å². The Morgan fingerprint density at radius 2 is 1.79 bits per heavy atom. The van der Waals surface area contributed by atoms with Crippen LogP contribution in [0.15, 0.2) is 42.5 Å². The van der Waals surface area contributed by atoms with Crippen LogP contribution in [0.4, 0.5) is 24.8 Å². The summed E-state index contributed by atoms with van der Waals surface area (Å²) in [6.07, 6.45) is -4.70. The molecule has 0 spiro atoms. The lowest BCUT2D eigenvalue weighted by Crippen LogP contribution is -2.16. The second kappa shape index (κ2) is 6.31. The number of nitrogens with zero attached hydrogens (tertiary/aromatic N) is 1. The Morgan fingerprint density at radius 3 is 2.46 bits per heavy atom. The first-order valence-electron chi connectivity index (χ1n) is 7.18. The maximum atomic E-state index is 12.1. The highest BCUT2D eigenvalue weighted by atomic mass is 19.4. The van der Waals surface area contributed by atoms with Gasteiger partial charge in [0.1, 0.15) is 11.5 Å². The number of alkyl halides is 3. The normalized spacial score (nSPS) is 11.5. The van der Waals surface area contributed by atoms with Crippen molar-refractivity contribution in [3.05, 3.63) is 42.5 Å². The molecule has 0 aliphatic rings. The molecule has 2 aromatic carbocycles. The predicted molar refractivity (Wildman–Crippen MR) is 83.7 cm³/mol. The van der Waals surface area contributed by atoms with Crippen molar-refractivity contribution >= 4 is 22.7 Å². The number of ether oxygens (including phenoxy) is 2. The maximum Gasteiger partial charge on any atom is 0.573 e. The van der Waals surface area contributed by atoms with Crippen LogP contribution in [0.3, 0.4) is 0 Å². The standard InChI is InChI=1S/C16H14F3N3O2/c1-2-23-12-7-8-13-14(9-12)22-15(21-13)20-10-3-5-11(6-4-10)24-16(17,18)19/h3-9H,2H2,1H3,(H2,20,21,22). The molecule has 2 N–H and O–H groups in total. The summed E-state index contributed by atoms with van der Waals surface area (Å²) in [4.78, 5) is 7.44. The van der Waals surface area contributed by atoms with E-state index in [1.807, 2.05) is 25.1 Å². The van der Waals surface area contributed by atoms with Crippen molar-refractivity contribution in [1.82, 2.24) is 9.97 Å². The summed E-state index contributed by atoms with van der Waals surface area (Å²) >= 11 is 0. The van der Waals surface area contributed by atoms with Gasteiger partial charge in [0.25, 0.3) is 0 Å². The topological polar surface area (TPSA) is 59.2 Å². The highest BCUT2D eigenvalue weighted by Gasteiger charge is 2.30. The predicted octanol–water partition coefficient (Wildman–Crippen LogP) is 4.60. The molecule has 0 fully saturated rings. The molecule has 0 aliphatic carbocycles. The van der Waals surface area contributed by atoms with Gasteiger partial charge in [-0.05, 0) is 43.3 Å². The fourth-order valence-electron chi connectivity index (χ4n) is 2.18. The Labute approximate surface area is 135 Å². The average Bonchev–Trinajstić information content (AvgIpc) is 2.90. The molecule has 0 aliphatic heterocycles. The molecular weight excluding hydrogens is 323 g/mol. The number of fused-ring (bicyclic) bond motifs is 1. The van der Waals surface area contributed by atoms with Gasteiger partial charge in [-0.25, -0.2) is 4.98 Å². The first-order valence-corrected chi connectivity index (χ1v) is 7.18. The molecule has 1 heterocycles. The Hall–Kier alpha value is -2.90. The van der Waals surface area contributed by atoms with Gasteiger partial charge in [-0.15, -0.1) is 13.2 Å². The van der Waals surface area contributed by atoms with E-state index in [4.69, 9.17) is 4.74 Å². The van der Waals surface area contributed by atoms with E-state index in [1.165, 1.54) is 24.3 Å². The average molecular weight is 337 g/mol. The third kappa shape index (κ3) is 3.89. The zero-order valence-corrected chi connectivity index (χ0v) is 12.6. The number of halogens is 3. The third-order valence-electron chi connectivity index (χ3n) is 3.11. The van der Waals surface area contributed by atoms with Crippen LogP contribution in [0.25, 0.3) is 11.0 Å². The van der Waals surface area contributed by atoms with Gasteiger partial charge in [0.05, 0.1) is 17.6 Å². The van der Waals surface area contributed by atoms with Gasteiger partial charge in [0.2, 0.25) is 5.95 Å². The molecule has 0 radical (unpaired) electrons. The molecule has 3 aromatic rings. The lowest BCUT2D eigenvalue weighted by molar-refractivity contribution is -0.274. The van der Waals surface area contributed by atoms with E-state index in [-0.39, 0.29) is 5.75 Å². The summed E-state index contributed by atoms with van der Waals surface area (Å²) < 4.78 is 45.6. The summed E-state index contributed by atoms with van der Waals surface area (Å²) in [7, 11) is 0. The van der Waals surface area contributed by atoms with Crippen molar-refractivity contribution in [1.29, 1.82) is 0 Å². The van der Waals surface area contributed by atoms with Gasteiger partial charge in [-0.1, -0.05) is 0 Å². The zero-order chi connectivity index (χ0) is 17.2. The van der Waals surface area contributed by atoms with Crippen LogP contribution in [0.1, 0.15) is 6.92 Å². The van der Waals surface area contributed by atoms with Crippen LogP contribution in [0.5, 0.6) is 11.5 Å². The van der Waals surface area contributed by atoms with E-state index in [9.17, 15) is 13.2 Å².